The van der Waals surface area contributed by atoms with E-state index in [9.17, 15) is 10.1 Å². The zero-order valence-electron chi connectivity index (χ0n) is 10.4. The predicted octanol–water partition coefficient (Wildman–Crippen LogP) is 2.81. The van der Waals surface area contributed by atoms with Crippen LogP contribution in [0.1, 0.15) is 4.88 Å². The molecule has 2 heterocycles. The highest BCUT2D eigenvalue weighted by Gasteiger charge is 2.15. The lowest BCUT2D eigenvalue weighted by Gasteiger charge is -1.98. The summed E-state index contributed by atoms with van der Waals surface area (Å²) < 4.78 is 0. The molecule has 2 aromatic heterocycles. The second kappa shape index (κ2) is 4.82. The summed E-state index contributed by atoms with van der Waals surface area (Å²) in [6, 6.07) is 6.44. The molecule has 0 aliphatic heterocycles. The number of hydrogen-bond acceptors (Lipinski definition) is 6. The molecule has 1 N–H and O–H groups in total. The normalized spacial score (nSPS) is 10.7. The van der Waals surface area contributed by atoms with Crippen LogP contribution in [-0.2, 0) is 0 Å². The molecule has 0 saturated carbocycles. The molecule has 0 unspecified atom stereocenters. The maximum absolute atomic E-state index is 10.8. The lowest BCUT2D eigenvalue weighted by atomic mass is 10.1. The van der Waals surface area contributed by atoms with Crippen molar-refractivity contribution >= 4 is 17.0 Å². The molecule has 7 nitrogen and oxygen atoms in total. The van der Waals surface area contributed by atoms with Gasteiger partial charge in [-0.25, -0.2) is 9.97 Å². The molecular formula is C12H9N5O2S. The van der Waals surface area contributed by atoms with Crippen LogP contribution >= 0.6 is 11.3 Å². The van der Waals surface area contributed by atoms with E-state index in [1.54, 1.807) is 12.1 Å². The average Bonchev–Trinajstić information content (AvgIpc) is 3.07. The number of benzene rings is 1. The van der Waals surface area contributed by atoms with Crippen molar-refractivity contribution in [2.45, 2.75) is 6.92 Å². The van der Waals surface area contributed by atoms with Crippen molar-refractivity contribution in [3.8, 4) is 22.1 Å². The molecule has 3 aromatic rings. The highest BCUT2D eigenvalue weighted by Crippen LogP contribution is 2.32. The van der Waals surface area contributed by atoms with Crippen molar-refractivity contribution < 1.29 is 4.92 Å². The number of thiazole rings is 1. The number of nitro groups is 1. The topological polar surface area (TPSA) is 97.6 Å². The molecule has 0 spiro atoms. The van der Waals surface area contributed by atoms with Gasteiger partial charge < -0.3 is 0 Å². The van der Waals surface area contributed by atoms with Crippen molar-refractivity contribution in [3.05, 3.63) is 45.6 Å². The number of nitro benzene ring substituents is 1. The van der Waals surface area contributed by atoms with Crippen LogP contribution in [0.5, 0.6) is 0 Å². The summed E-state index contributed by atoms with van der Waals surface area (Å²) in [5, 5.41) is 18.1. The number of nitrogens with zero attached hydrogens (tertiary/aromatic N) is 4. The summed E-state index contributed by atoms with van der Waals surface area (Å²) in [4.78, 5) is 19.9. The van der Waals surface area contributed by atoms with E-state index in [0.717, 1.165) is 16.1 Å². The first-order valence-corrected chi connectivity index (χ1v) is 6.55. The minimum absolute atomic E-state index is 0.0520. The van der Waals surface area contributed by atoms with Gasteiger partial charge in [-0.1, -0.05) is 12.1 Å². The number of nitrogens with one attached hydrogen (secondary N) is 1. The van der Waals surface area contributed by atoms with Crippen LogP contribution in [0.3, 0.4) is 0 Å². The second-order valence-electron chi connectivity index (χ2n) is 4.07. The molecule has 0 radical (unpaired) electrons. The van der Waals surface area contributed by atoms with Crippen LogP contribution in [-0.4, -0.2) is 25.1 Å². The fraction of sp³-hybridized carbons (Fsp3) is 0.0833. The Balaban J connectivity index is 2.07. The second-order valence-corrected chi connectivity index (χ2v) is 5.27. The number of hydrogen-bond donors (Lipinski definition) is 1. The first kappa shape index (κ1) is 12.4. The van der Waals surface area contributed by atoms with Crippen LogP contribution in [0.4, 0.5) is 5.69 Å². The van der Waals surface area contributed by atoms with Gasteiger partial charge in [-0.15, -0.1) is 11.3 Å². The quantitative estimate of drug-likeness (QED) is 0.590. The number of H-pyrrole nitrogens is 1. The molecule has 20 heavy (non-hydrogen) atoms. The molecular weight excluding hydrogens is 278 g/mol. The van der Waals surface area contributed by atoms with Gasteiger partial charge in [0, 0.05) is 22.6 Å². The van der Waals surface area contributed by atoms with E-state index in [1.807, 2.05) is 6.92 Å². The van der Waals surface area contributed by atoms with Gasteiger partial charge in [0.05, 0.1) is 10.6 Å². The summed E-state index contributed by atoms with van der Waals surface area (Å²) >= 11 is 1.47. The fourth-order valence-electron chi connectivity index (χ4n) is 1.84. The number of aromatic amines is 1. The van der Waals surface area contributed by atoms with Crippen molar-refractivity contribution in [2.75, 3.05) is 0 Å². The van der Waals surface area contributed by atoms with Gasteiger partial charge in [-0.05, 0) is 6.92 Å². The molecule has 0 amide bonds. The molecule has 3 rings (SSSR count). The first-order chi connectivity index (χ1) is 9.65. The van der Waals surface area contributed by atoms with Gasteiger partial charge in [0.1, 0.15) is 6.33 Å². The molecule has 0 aliphatic rings. The molecule has 1 aromatic carbocycles. The maximum atomic E-state index is 10.8. The maximum Gasteiger partial charge on any atom is 0.270 e. The van der Waals surface area contributed by atoms with E-state index >= 15 is 0 Å². The Hall–Kier alpha value is -2.61. The standard InChI is InChI=1S/C12H9N5O2S/c1-7-10(8-3-2-4-9(5-8)17(18)19)15-12(20-7)11-13-6-14-16-11/h2-6H,1H3,(H,13,14,16). The summed E-state index contributed by atoms with van der Waals surface area (Å²) in [5.41, 5.74) is 1.50. The van der Waals surface area contributed by atoms with Gasteiger partial charge in [-0.2, -0.15) is 5.10 Å². The number of aryl methyl sites for hydroxylation is 1. The molecule has 100 valence electrons. The zero-order valence-corrected chi connectivity index (χ0v) is 11.2. The van der Waals surface area contributed by atoms with E-state index in [4.69, 9.17) is 0 Å². The van der Waals surface area contributed by atoms with E-state index in [2.05, 4.69) is 20.2 Å². The summed E-state index contributed by atoms with van der Waals surface area (Å²) in [7, 11) is 0. The predicted molar refractivity (Wildman–Crippen MR) is 74.3 cm³/mol. The van der Waals surface area contributed by atoms with Gasteiger partial charge in [0.2, 0.25) is 0 Å². The Morgan fingerprint density at radius 3 is 2.95 bits per heavy atom. The van der Waals surface area contributed by atoms with Crippen LogP contribution in [0.15, 0.2) is 30.6 Å². The van der Waals surface area contributed by atoms with Crippen LogP contribution < -0.4 is 0 Å². The average molecular weight is 287 g/mol. The smallest absolute Gasteiger partial charge is 0.258 e. The Labute approximate surface area is 117 Å². The SMILES string of the molecule is Cc1sc(-c2ncn[nH]2)nc1-c1cccc([N+](=O)[O-])c1. The third-order valence-electron chi connectivity index (χ3n) is 2.74. The highest BCUT2D eigenvalue weighted by molar-refractivity contribution is 7.15. The molecule has 0 fully saturated rings. The van der Waals surface area contributed by atoms with Crippen molar-refractivity contribution in [1.29, 1.82) is 0 Å². The van der Waals surface area contributed by atoms with Gasteiger partial charge in [-0.3, -0.25) is 15.2 Å². The molecule has 0 aliphatic carbocycles. The zero-order chi connectivity index (χ0) is 14.1. The Morgan fingerprint density at radius 2 is 2.25 bits per heavy atom. The molecule has 0 saturated heterocycles. The summed E-state index contributed by atoms with van der Waals surface area (Å²) in [6.45, 7) is 1.92. The third kappa shape index (κ3) is 2.16. The number of aromatic nitrogens is 4. The Morgan fingerprint density at radius 1 is 1.40 bits per heavy atom. The van der Waals surface area contributed by atoms with Crippen LogP contribution in [0.25, 0.3) is 22.1 Å². The number of non-ortho nitro benzene ring substituents is 1. The van der Waals surface area contributed by atoms with Crippen molar-refractivity contribution in [2.24, 2.45) is 0 Å². The molecule has 8 heteroatoms. The minimum atomic E-state index is -0.414. The van der Waals surface area contributed by atoms with Crippen LogP contribution in [0.2, 0.25) is 0 Å². The largest absolute Gasteiger partial charge is 0.270 e. The Kier molecular flexibility index (Phi) is 2.99. The first-order valence-electron chi connectivity index (χ1n) is 5.73. The van der Waals surface area contributed by atoms with E-state index in [-0.39, 0.29) is 5.69 Å². The Bertz CT molecular complexity index is 766. The number of rotatable bonds is 3. The van der Waals surface area contributed by atoms with Gasteiger partial charge in [0.15, 0.2) is 10.8 Å². The molecule has 0 bridgehead atoms. The lowest BCUT2D eigenvalue weighted by Crippen LogP contribution is -1.89. The van der Waals surface area contributed by atoms with Gasteiger partial charge in [0.25, 0.3) is 5.69 Å². The monoisotopic (exact) mass is 287 g/mol. The van der Waals surface area contributed by atoms with E-state index < -0.39 is 4.92 Å². The van der Waals surface area contributed by atoms with Crippen LogP contribution in [0, 0.1) is 17.0 Å². The summed E-state index contributed by atoms with van der Waals surface area (Å²) in [6.07, 6.45) is 1.42. The highest BCUT2D eigenvalue weighted by atomic mass is 32.1. The fourth-order valence-corrected chi connectivity index (χ4v) is 2.72. The summed E-state index contributed by atoms with van der Waals surface area (Å²) in [5.74, 6) is 0.592. The minimum Gasteiger partial charge on any atom is -0.258 e. The molecule has 0 atom stereocenters. The van der Waals surface area contributed by atoms with E-state index in [1.165, 1.54) is 29.8 Å². The van der Waals surface area contributed by atoms with Gasteiger partial charge >= 0.3 is 0 Å². The van der Waals surface area contributed by atoms with Crippen molar-refractivity contribution in [1.82, 2.24) is 20.2 Å². The van der Waals surface area contributed by atoms with Crippen molar-refractivity contribution in [3.63, 3.8) is 0 Å². The lowest BCUT2D eigenvalue weighted by molar-refractivity contribution is -0.384. The third-order valence-corrected chi connectivity index (χ3v) is 3.72. The van der Waals surface area contributed by atoms with E-state index in [0.29, 0.717) is 10.8 Å².